The van der Waals surface area contributed by atoms with Crippen LogP contribution in [0.5, 0.6) is 11.6 Å². The molecule has 0 spiro atoms. The first-order valence-corrected chi connectivity index (χ1v) is 10.2. The van der Waals surface area contributed by atoms with Crippen molar-refractivity contribution in [3.05, 3.63) is 53.2 Å². The maximum atomic E-state index is 12.6. The summed E-state index contributed by atoms with van der Waals surface area (Å²) in [5.41, 5.74) is 3.29. The van der Waals surface area contributed by atoms with Crippen LogP contribution in [0.15, 0.2) is 41.5 Å². The number of aryl methyl sites for hydroxylation is 2. The molecule has 2 heterocycles. The molecule has 1 atom stereocenters. The standard InChI is InChI=1S/C22H28F3N5O.HI/c1-15-4-5-19(10-16(15)2)31-20-11-17(6-8-27-20)12-28-21(26-3)29-18-7-9-30(13-18)14-22(23,24)25;/h4-6,8,10-11,18H,7,9,12-14H2,1-3H3,(H2,26,28,29);1H. The topological polar surface area (TPSA) is 61.8 Å². The lowest BCUT2D eigenvalue weighted by atomic mass is 10.1. The SMILES string of the molecule is CN=C(NCc1ccnc(Oc2ccc(C)c(C)c2)c1)NC1CCN(CC(F)(F)F)C1.I. The zero-order chi connectivity index (χ0) is 22.4. The van der Waals surface area contributed by atoms with E-state index in [1.807, 2.05) is 44.2 Å². The molecule has 0 bridgehead atoms. The van der Waals surface area contributed by atoms with Crippen molar-refractivity contribution in [3.8, 4) is 11.6 Å². The number of nitrogens with one attached hydrogen (secondary N) is 2. The summed E-state index contributed by atoms with van der Waals surface area (Å²) in [5.74, 6) is 1.76. The molecule has 0 amide bonds. The number of alkyl halides is 3. The smallest absolute Gasteiger partial charge is 0.401 e. The molecule has 176 valence electrons. The number of nitrogens with zero attached hydrogens (tertiary/aromatic N) is 3. The van der Waals surface area contributed by atoms with Gasteiger partial charge < -0.3 is 15.4 Å². The van der Waals surface area contributed by atoms with Crippen molar-refractivity contribution < 1.29 is 17.9 Å². The third-order valence-electron chi connectivity index (χ3n) is 5.20. The van der Waals surface area contributed by atoms with Crippen LogP contribution in [0, 0.1) is 13.8 Å². The van der Waals surface area contributed by atoms with E-state index in [2.05, 4.69) is 20.6 Å². The first-order chi connectivity index (χ1) is 14.7. The number of benzene rings is 1. The van der Waals surface area contributed by atoms with E-state index in [-0.39, 0.29) is 30.0 Å². The number of aromatic nitrogens is 1. The largest absolute Gasteiger partial charge is 0.439 e. The first kappa shape index (κ1) is 26.2. The lowest BCUT2D eigenvalue weighted by Crippen LogP contribution is -2.44. The van der Waals surface area contributed by atoms with Crippen LogP contribution in [-0.2, 0) is 6.54 Å². The summed E-state index contributed by atoms with van der Waals surface area (Å²) >= 11 is 0. The predicted molar refractivity (Wildman–Crippen MR) is 130 cm³/mol. The second-order valence-corrected chi connectivity index (χ2v) is 7.76. The summed E-state index contributed by atoms with van der Waals surface area (Å²) in [5, 5.41) is 6.40. The molecular formula is C22H29F3IN5O. The predicted octanol–water partition coefficient (Wildman–Crippen LogP) is 4.41. The van der Waals surface area contributed by atoms with Gasteiger partial charge in [0.25, 0.3) is 0 Å². The molecule has 1 unspecified atom stereocenters. The molecule has 3 rings (SSSR count). The summed E-state index contributed by atoms with van der Waals surface area (Å²) in [6, 6.07) is 9.52. The summed E-state index contributed by atoms with van der Waals surface area (Å²) < 4.78 is 43.6. The van der Waals surface area contributed by atoms with E-state index in [9.17, 15) is 13.2 Å². The quantitative estimate of drug-likeness (QED) is 0.310. The number of rotatable bonds is 6. The Labute approximate surface area is 203 Å². The van der Waals surface area contributed by atoms with Crippen molar-refractivity contribution >= 4 is 29.9 Å². The van der Waals surface area contributed by atoms with Gasteiger partial charge in [0.05, 0.1) is 6.54 Å². The normalized spacial score (nSPS) is 17.1. The first-order valence-electron chi connectivity index (χ1n) is 10.2. The number of halogens is 4. The molecule has 2 aromatic rings. The Kier molecular flexibility index (Phi) is 9.56. The molecule has 1 saturated heterocycles. The van der Waals surface area contributed by atoms with Crippen molar-refractivity contribution in [1.82, 2.24) is 20.5 Å². The Balaban J connectivity index is 0.00000363. The number of hydrogen-bond donors (Lipinski definition) is 2. The van der Waals surface area contributed by atoms with Gasteiger partial charge in [0.2, 0.25) is 5.88 Å². The number of likely N-dealkylation sites (tertiary alicyclic amines) is 1. The molecule has 1 aliphatic heterocycles. The summed E-state index contributed by atoms with van der Waals surface area (Å²) in [4.78, 5) is 9.85. The van der Waals surface area contributed by atoms with Gasteiger partial charge in [-0.2, -0.15) is 13.2 Å². The summed E-state index contributed by atoms with van der Waals surface area (Å²) in [6.07, 6.45) is -1.86. The number of guanidine groups is 1. The van der Waals surface area contributed by atoms with Crippen LogP contribution in [0.2, 0.25) is 0 Å². The van der Waals surface area contributed by atoms with Gasteiger partial charge in [-0.15, -0.1) is 24.0 Å². The number of ether oxygens (including phenoxy) is 1. The number of aliphatic imine (C=N–C) groups is 1. The molecule has 10 heteroatoms. The zero-order valence-electron chi connectivity index (χ0n) is 18.4. The summed E-state index contributed by atoms with van der Waals surface area (Å²) in [6.45, 7) is 4.42. The van der Waals surface area contributed by atoms with Crippen LogP contribution in [0.4, 0.5) is 13.2 Å². The fourth-order valence-corrected chi connectivity index (χ4v) is 3.44. The minimum Gasteiger partial charge on any atom is -0.439 e. The molecule has 1 aromatic carbocycles. The highest BCUT2D eigenvalue weighted by Gasteiger charge is 2.34. The molecule has 1 fully saturated rings. The zero-order valence-corrected chi connectivity index (χ0v) is 20.7. The van der Waals surface area contributed by atoms with Crippen LogP contribution < -0.4 is 15.4 Å². The number of pyridine rings is 1. The maximum Gasteiger partial charge on any atom is 0.401 e. The van der Waals surface area contributed by atoms with Gasteiger partial charge in [0.1, 0.15) is 5.75 Å². The van der Waals surface area contributed by atoms with E-state index in [0.29, 0.717) is 37.9 Å². The van der Waals surface area contributed by atoms with E-state index in [1.54, 1.807) is 13.2 Å². The lowest BCUT2D eigenvalue weighted by molar-refractivity contribution is -0.143. The lowest BCUT2D eigenvalue weighted by Gasteiger charge is -2.20. The highest BCUT2D eigenvalue weighted by atomic mass is 127. The Bertz CT molecular complexity index is 923. The highest BCUT2D eigenvalue weighted by Crippen LogP contribution is 2.23. The van der Waals surface area contributed by atoms with E-state index in [0.717, 1.165) is 16.9 Å². The molecule has 2 N–H and O–H groups in total. The second kappa shape index (κ2) is 11.7. The van der Waals surface area contributed by atoms with Gasteiger partial charge in [-0.3, -0.25) is 9.89 Å². The minimum atomic E-state index is -4.17. The molecular weight excluding hydrogens is 534 g/mol. The van der Waals surface area contributed by atoms with Crippen molar-refractivity contribution in [2.75, 3.05) is 26.7 Å². The van der Waals surface area contributed by atoms with Crippen molar-refractivity contribution in [2.24, 2.45) is 4.99 Å². The monoisotopic (exact) mass is 563 g/mol. The van der Waals surface area contributed by atoms with Crippen LogP contribution in [0.25, 0.3) is 0 Å². The van der Waals surface area contributed by atoms with Gasteiger partial charge >= 0.3 is 6.18 Å². The Morgan fingerprint density at radius 3 is 2.69 bits per heavy atom. The van der Waals surface area contributed by atoms with Crippen molar-refractivity contribution in [2.45, 2.75) is 39.0 Å². The van der Waals surface area contributed by atoms with E-state index in [4.69, 9.17) is 4.74 Å². The molecule has 1 aromatic heterocycles. The average molecular weight is 563 g/mol. The third-order valence-corrected chi connectivity index (χ3v) is 5.20. The fourth-order valence-electron chi connectivity index (χ4n) is 3.44. The van der Waals surface area contributed by atoms with Crippen LogP contribution in [-0.4, -0.2) is 54.7 Å². The number of hydrogen-bond acceptors (Lipinski definition) is 4. The molecule has 1 aliphatic rings. The molecule has 0 radical (unpaired) electrons. The molecule has 6 nitrogen and oxygen atoms in total. The average Bonchev–Trinajstić information content (AvgIpc) is 3.13. The highest BCUT2D eigenvalue weighted by molar-refractivity contribution is 14.0. The Hall–Kier alpha value is -2.08. The van der Waals surface area contributed by atoms with Gasteiger partial charge in [0, 0.05) is 45.0 Å². The Morgan fingerprint density at radius 2 is 2.00 bits per heavy atom. The maximum absolute atomic E-state index is 12.6. The van der Waals surface area contributed by atoms with Crippen LogP contribution in [0.1, 0.15) is 23.1 Å². The van der Waals surface area contributed by atoms with Crippen LogP contribution in [0.3, 0.4) is 0 Å². The third kappa shape index (κ3) is 8.12. The van der Waals surface area contributed by atoms with Crippen LogP contribution >= 0.6 is 24.0 Å². The van der Waals surface area contributed by atoms with Gasteiger partial charge in [-0.05, 0) is 55.2 Å². The summed E-state index contributed by atoms with van der Waals surface area (Å²) in [7, 11) is 1.64. The van der Waals surface area contributed by atoms with Crippen molar-refractivity contribution in [1.29, 1.82) is 0 Å². The minimum absolute atomic E-state index is 0. The van der Waals surface area contributed by atoms with E-state index >= 15 is 0 Å². The van der Waals surface area contributed by atoms with Gasteiger partial charge in [-0.1, -0.05) is 6.07 Å². The molecule has 0 aliphatic carbocycles. The van der Waals surface area contributed by atoms with Gasteiger partial charge in [0.15, 0.2) is 5.96 Å². The molecule has 0 saturated carbocycles. The van der Waals surface area contributed by atoms with E-state index in [1.165, 1.54) is 10.5 Å². The van der Waals surface area contributed by atoms with Crippen molar-refractivity contribution in [3.63, 3.8) is 0 Å². The Morgan fingerprint density at radius 1 is 1.22 bits per heavy atom. The fraction of sp³-hybridized carbons (Fsp3) is 0.455. The van der Waals surface area contributed by atoms with E-state index < -0.39 is 12.7 Å². The van der Waals surface area contributed by atoms with Gasteiger partial charge in [-0.25, -0.2) is 4.98 Å². The molecule has 32 heavy (non-hydrogen) atoms. The second-order valence-electron chi connectivity index (χ2n) is 7.76.